The maximum Gasteiger partial charge on any atom is 0.130 e. The molecule has 2 aromatic rings. The Bertz CT molecular complexity index is 499. The number of alkyl halides is 1. The van der Waals surface area contributed by atoms with Gasteiger partial charge in [-0.05, 0) is 24.6 Å². The second-order valence-corrected chi connectivity index (χ2v) is 4.50. The molecule has 1 nitrogen and oxygen atoms in total. The minimum Gasteiger partial charge on any atom is -0.261 e. The summed E-state index contributed by atoms with van der Waals surface area (Å²) in [6, 6.07) is 10.9. The lowest BCUT2D eigenvalue weighted by molar-refractivity contribution is 0.596. The maximum absolute atomic E-state index is 13.8. The minimum atomic E-state index is -0.384. The highest BCUT2D eigenvalue weighted by molar-refractivity contribution is 6.20. The van der Waals surface area contributed by atoms with Gasteiger partial charge in [-0.3, -0.25) is 4.98 Å². The zero-order valence-electron chi connectivity index (χ0n) is 9.53. The van der Waals surface area contributed by atoms with Crippen molar-refractivity contribution in [3.8, 4) is 0 Å². The predicted molar refractivity (Wildman–Crippen MR) is 67.7 cm³/mol. The lowest BCUT2D eigenvalue weighted by Crippen LogP contribution is -2.01. The highest BCUT2D eigenvalue weighted by atomic mass is 35.5. The Kier molecular flexibility index (Phi) is 3.75. The lowest BCUT2D eigenvalue weighted by atomic mass is 10.0. The number of pyridine rings is 1. The zero-order chi connectivity index (χ0) is 12.3. The first-order chi connectivity index (χ1) is 8.18. The molecule has 1 heterocycles. The van der Waals surface area contributed by atoms with Gasteiger partial charge in [0.1, 0.15) is 5.82 Å². The van der Waals surface area contributed by atoms with Crippen molar-refractivity contribution in [2.45, 2.75) is 18.7 Å². The van der Waals surface area contributed by atoms with Crippen LogP contribution in [0.2, 0.25) is 0 Å². The molecule has 2 rings (SSSR count). The van der Waals surface area contributed by atoms with Gasteiger partial charge >= 0.3 is 0 Å². The summed E-state index contributed by atoms with van der Waals surface area (Å²) < 4.78 is 13.8. The summed E-state index contributed by atoms with van der Waals surface area (Å²) in [5.74, 6) is -0.219. The highest BCUT2D eigenvalue weighted by Crippen LogP contribution is 2.27. The van der Waals surface area contributed by atoms with Gasteiger partial charge in [-0.25, -0.2) is 4.39 Å². The fourth-order valence-electron chi connectivity index (χ4n) is 1.72. The van der Waals surface area contributed by atoms with Gasteiger partial charge < -0.3 is 0 Å². The summed E-state index contributed by atoms with van der Waals surface area (Å²) >= 11 is 6.24. The molecule has 88 valence electrons. The molecule has 3 heteroatoms. The van der Waals surface area contributed by atoms with Crippen molar-refractivity contribution in [1.82, 2.24) is 4.98 Å². The van der Waals surface area contributed by atoms with Gasteiger partial charge in [0.2, 0.25) is 0 Å². The van der Waals surface area contributed by atoms with E-state index in [1.54, 1.807) is 25.3 Å². The van der Waals surface area contributed by atoms with Crippen molar-refractivity contribution < 1.29 is 4.39 Å². The van der Waals surface area contributed by atoms with Crippen LogP contribution in [0.4, 0.5) is 4.39 Å². The second-order valence-electron chi connectivity index (χ2n) is 3.97. The molecule has 0 spiro atoms. The molecule has 0 saturated carbocycles. The molecular weight excluding hydrogens is 237 g/mol. The molecule has 0 amide bonds. The van der Waals surface area contributed by atoms with E-state index in [9.17, 15) is 4.39 Å². The summed E-state index contributed by atoms with van der Waals surface area (Å²) in [6.45, 7) is 1.74. The van der Waals surface area contributed by atoms with Crippen LogP contribution in [0.5, 0.6) is 0 Å². The van der Waals surface area contributed by atoms with Crippen molar-refractivity contribution in [3.63, 3.8) is 0 Å². The Morgan fingerprint density at radius 2 is 2.06 bits per heavy atom. The molecule has 1 atom stereocenters. The van der Waals surface area contributed by atoms with Crippen LogP contribution >= 0.6 is 11.6 Å². The minimum absolute atomic E-state index is 0.219. The Labute approximate surface area is 105 Å². The molecular formula is C14H13ClFN. The number of rotatable bonds is 3. The third-order valence-electron chi connectivity index (χ3n) is 2.67. The summed E-state index contributed by atoms with van der Waals surface area (Å²) in [6.07, 6.45) is 2.24. The van der Waals surface area contributed by atoms with Gasteiger partial charge in [-0.2, -0.15) is 0 Å². The summed E-state index contributed by atoms with van der Waals surface area (Å²) in [5.41, 5.74) is 2.03. The van der Waals surface area contributed by atoms with Crippen molar-refractivity contribution >= 4 is 11.6 Å². The molecule has 1 aromatic heterocycles. The first-order valence-corrected chi connectivity index (χ1v) is 5.91. The molecule has 0 fully saturated rings. The summed E-state index contributed by atoms with van der Waals surface area (Å²) in [4.78, 5) is 4.19. The zero-order valence-corrected chi connectivity index (χ0v) is 10.3. The van der Waals surface area contributed by atoms with Crippen LogP contribution in [0.1, 0.15) is 22.2 Å². The van der Waals surface area contributed by atoms with Gasteiger partial charge in [0.25, 0.3) is 0 Å². The Balaban J connectivity index is 2.20. The number of nitrogens with zero attached hydrogens (tertiary/aromatic N) is 1. The molecule has 17 heavy (non-hydrogen) atoms. The Morgan fingerprint density at radius 3 is 2.76 bits per heavy atom. The smallest absolute Gasteiger partial charge is 0.130 e. The van der Waals surface area contributed by atoms with Crippen LogP contribution in [0.15, 0.2) is 42.6 Å². The normalized spacial score (nSPS) is 12.4. The maximum atomic E-state index is 13.8. The average molecular weight is 250 g/mol. The largest absolute Gasteiger partial charge is 0.261 e. The molecule has 1 unspecified atom stereocenters. The molecule has 0 aliphatic heterocycles. The molecule has 1 aromatic carbocycles. The third-order valence-corrected chi connectivity index (χ3v) is 3.06. The van der Waals surface area contributed by atoms with E-state index in [1.807, 2.05) is 24.3 Å². The van der Waals surface area contributed by atoms with Crippen LogP contribution in [-0.4, -0.2) is 4.98 Å². The van der Waals surface area contributed by atoms with E-state index >= 15 is 0 Å². The van der Waals surface area contributed by atoms with E-state index in [2.05, 4.69) is 4.98 Å². The Morgan fingerprint density at radius 1 is 1.24 bits per heavy atom. The van der Waals surface area contributed by atoms with E-state index in [4.69, 9.17) is 11.6 Å². The van der Waals surface area contributed by atoms with E-state index in [0.29, 0.717) is 17.5 Å². The number of benzene rings is 1. The van der Waals surface area contributed by atoms with Crippen LogP contribution in [-0.2, 0) is 6.42 Å². The Hall–Kier alpha value is -1.41. The molecule has 0 bridgehead atoms. The van der Waals surface area contributed by atoms with E-state index in [0.717, 1.165) is 5.69 Å². The standard InChI is InChI=1S/C14H13ClFN/c1-10-5-4-7-12(14(10)16)13(15)9-11-6-2-3-8-17-11/h2-8,13H,9H2,1H3. The third kappa shape index (κ3) is 2.83. The van der Waals surface area contributed by atoms with Crippen molar-refractivity contribution in [1.29, 1.82) is 0 Å². The fourth-order valence-corrected chi connectivity index (χ4v) is 2.05. The van der Waals surface area contributed by atoms with E-state index in [1.165, 1.54) is 0 Å². The fraction of sp³-hybridized carbons (Fsp3) is 0.214. The molecule has 0 aliphatic rings. The number of hydrogen-bond donors (Lipinski definition) is 0. The van der Waals surface area contributed by atoms with E-state index in [-0.39, 0.29) is 11.2 Å². The van der Waals surface area contributed by atoms with Gasteiger partial charge in [0.15, 0.2) is 0 Å². The van der Waals surface area contributed by atoms with Crippen molar-refractivity contribution in [2.24, 2.45) is 0 Å². The predicted octanol–water partition coefficient (Wildman–Crippen LogP) is 4.05. The van der Waals surface area contributed by atoms with E-state index < -0.39 is 0 Å². The van der Waals surface area contributed by atoms with Crippen LogP contribution in [0.25, 0.3) is 0 Å². The van der Waals surface area contributed by atoms with Crippen molar-refractivity contribution in [2.75, 3.05) is 0 Å². The molecule has 0 saturated heterocycles. The quantitative estimate of drug-likeness (QED) is 0.748. The monoisotopic (exact) mass is 249 g/mol. The number of aromatic nitrogens is 1. The number of hydrogen-bond acceptors (Lipinski definition) is 1. The summed E-state index contributed by atoms with van der Waals surface area (Å²) in [5, 5.41) is -0.384. The van der Waals surface area contributed by atoms with Gasteiger partial charge in [0, 0.05) is 23.9 Å². The van der Waals surface area contributed by atoms with Crippen LogP contribution in [0.3, 0.4) is 0 Å². The van der Waals surface area contributed by atoms with Crippen molar-refractivity contribution in [3.05, 3.63) is 65.2 Å². The van der Waals surface area contributed by atoms with Crippen LogP contribution < -0.4 is 0 Å². The SMILES string of the molecule is Cc1cccc(C(Cl)Cc2ccccn2)c1F. The van der Waals surface area contributed by atoms with Gasteiger partial charge in [0.05, 0.1) is 5.38 Å². The lowest BCUT2D eigenvalue weighted by Gasteiger charge is -2.11. The number of halogens is 2. The molecule has 0 radical (unpaired) electrons. The second kappa shape index (κ2) is 5.28. The topological polar surface area (TPSA) is 12.9 Å². The average Bonchev–Trinajstić information content (AvgIpc) is 2.34. The van der Waals surface area contributed by atoms with Gasteiger partial charge in [-0.1, -0.05) is 24.3 Å². The molecule has 0 aliphatic carbocycles. The first-order valence-electron chi connectivity index (χ1n) is 5.47. The molecule has 0 N–H and O–H groups in total. The van der Waals surface area contributed by atoms with Gasteiger partial charge in [-0.15, -0.1) is 11.6 Å². The van der Waals surface area contributed by atoms with Crippen LogP contribution in [0, 0.1) is 12.7 Å². The summed E-state index contributed by atoms with van der Waals surface area (Å²) in [7, 11) is 0. The highest BCUT2D eigenvalue weighted by Gasteiger charge is 2.15. The first kappa shape index (κ1) is 12.1. The number of aryl methyl sites for hydroxylation is 1.